The van der Waals surface area contributed by atoms with Crippen LogP contribution in [0.5, 0.6) is 11.5 Å². The molecule has 0 fully saturated rings. The summed E-state index contributed by atoms with van der Waals surface area (Å²) in [6.45, 7) is 6.14. The van der Waals surface area contributed by atoms with Crippen molar-refractivity contribution in [3.05, 3.63) is 23.8 Å². The van der Waals surface area contributed by atoms with Gasteiger partial charge in [-0.1, -0.05) is 6.07 Å². The lowest BCUT2D eigenvalue weighted by molar-refractivity contribution is -0.162. The highest BCUT2D eigenvalue weighted by molar-refractivity contribution is 5.80. The molecule has 128 valence electrons. The van der Waals surface area contributed by atoms with Crippen LogP contribution in [-0.2, 0) is 16.0 Å². The van der Waals surface area contributed by atoms with E-state index in [1.165, 1.54) is 7.11 Å². The Bertz CT molecular complexity index is 560. The first-order chi connectivity index (χ1) is 10.8. The number of aliphatic hydroxyl groups is 1. The van der Waals surface area contributed by atoms with Gasteiger partial charge < -0.3 is 24.6 Å². The number of benzene rings is 1. The first-order valence-corrected chi connectivity index (χ1v) is 7.78. The molecule has 2 unspecified atom stereocenters. The van der Waals surface area contributed by atoms with E-state index in [0.29, 0.717) is 18.0 Å². The summed E-state index contributed by atoms with van der Waals surface area (Å²) in [5, 5.41) is 12.6. The minimum absolute atomic E-state index is 0.117. The number of rotatable bonds is 6. The number of carbonyl (C=O) groups excluding carboxylic acids is 1. The van der Waals surface area contributed by atoms with E-state index < -0.39 is 11.6 Å². The largest absolute Gasteiger partial charge is 0.485 e. The van der Waals surface area contributed by atoms with Gasteiger partial charge in [0.2, 0.25) is 5.60 Å². The molecule has 3 atom stereocenters. The molecule has 1 heterocycles. The Labute approximate surface area is 136 Å². The molecule has 1 aromatic rings. The smallest absolute Gasteiger partial charge is 0.353 e. The molecule has 0 saturated heterocycles. The van der Waals surface area contributed by atoms with Crippen molar-refractivity contribution in [1.82, 2.24) is 5.32 Å². The SMILES string of the molecule is COC(=O)C1(C)COc2cc(C[C@H](C)NCC(C)O)ccc2O1. The third-order valence-corrected chi connectivity index (χ3v) is 3.77. The second-order valence-electron chi connectivity index (χ2n) is 6.26. The van der Waals surface area contributed by atoms with Crippen molar-refractivity contribution in [1.29, 1.82) is 0 Å². The minimum Gasteiger partial charge on any atom is -0.485 e. The summed E-state index contributed by atoms with van der Waals surface area (Å²) in [5.74, 6) is 0.715. The molecule has 0 bridgehead atoms. The normalized spacial score (nSPS) is 22.3. The second kappa shape index (κ2) is 7.19. The molecule has 1 aliphatic heterocycles. The summed E-state index contributed by atoms with van der Waals surface area (Å²) < 4.78 is 16.2. The average Bonchev–Trinajstić information content (AvgIpc) is 2.52. The van der Waals surface area contributed by atoms with Gasteiger partial charge in [0, 0.05) is 12.6 Å². The van der Waals surface area contributed by atoms with E-state index >= 15 is 0 Å². The van der Waals surface area contributed by atoms with E-state index in [9.17, 15) is 9.90 Å². The maximum absolute atomic E-state index is 11.8. The highest BCUT2D eigenvalue weighted by Crippen LogP contribution is 2.36. The number of methoxy groups -OCH3 is 1. The average molecular weight is 323 g/mol. The maximum Gasteiger partial charge on any atom is 0.353 e. The fraction of sp³-hybridized carbons (Fsp3) is 0.588. The third kappa shape index (κ3) is 4.36. The number of ether oxygens (including phenoxy) is 3. The predicted octanol–water partition coefficient (Wildman–Crippen LogP) is 1.29. The Hall–Kier alpha value is -1.79. The first kappa shape index (κ1) is 17.6. The first-order valence-electron chi connectivity index (χ1n) is 7.78. The van der Waals surface area contributed by atoms with Crippen molar-refractivity contribution < 1.29 is 24.1 Å². The fourth-order valence-electron chi connectivity index (χ4n) is 2.48. The van der Waals surface area contributed by atoms with Gasteiger partial charge in [-0.15, -0.1) is 0 Å². The molecule has 6 nitrogen and oxygen atoms in total. The summed E-state index contributed by atoms with van der Waals surface area (Å²) in [4.78, 5) is 11.8. The topological polar surface area (TPSA) is 77.0 Å². The van der Waals surface area contributed by atoms with Crippen molar-refractivity contribution >= 4 is 5.97 Å². The monoisotopic (exact) mass is 323 g/mol. The van der Waals surface area contributed by atoms with Crippen molar-refractivity contribution in [2.45, 2.75) is 44.9 Å². The highest BCUT2D eigenvalue weighted by atomic mass is 16.6. The minimum atomic E-state index is -1.12. The molecule has 0 aromatic heterocycles. The summed E-state index contributed by atoms with van der Waals surface area (Å²) in [5.41, 5.74) is -0.0188. The lowest BCUT2D eigenvalue weighted by atomic mass is 10.0. The summed E-state index contributed by atoms with van der Waals surface area (Å²) in [6.07, 6.45) is 0.436. The predicted molar refractivity (Wildman–Crippen MR) is 85.8 cm³/mol. The zero-order valence-corrected chi connectivity index (χ0v) is 14.1. The van der Waals surface area contributed by atoms with E-state index in [2.05, 4.69) is 12.2 Å². The molecule has 1 aromatic carbocycles. The van der Waals surface area contributed by atoms with E-state index in [-0.39, 0.29) is 18.8 Å². The number of esters is 1. The lowest BCUT2D eigenvalue weighted by Crippen LogP contribution is -2.49. The van der Waals surface area contributed by atoms with Gasteiger partial charge in [0.1, 0.15) is 6.61 Å². The number of hydrogen-bond acceptors (Lipinski definition) is 6. The van der Waals surface area contributed by atoms with Crippen LogP contribution in [0, 0.1) is 0 Å². The number of aliphatic hydroxyl groups excluding tert-OH is 1. The van der Waals surface area contributed by atoms with E-state index in [1.807, 2.05) is 18.2 Å². The summed E-state index contributed by atoms with van der Waals surface area (Å²) in [6, 6.07) is 5.91. The Balaban J connectivity index is 2.03. The molecule has 6 heteroatoms. The third-order valence-electron chi connectivity index (χ3n) is 3.77. The fourth-order valence-corrected chi connectivity index (χ4v) is 2.48. The quantitative estimate of drug-likeness (QED) is 0.768. The molecule has 2 rings (SSSR count). The zero-order chi connectivity index (χ0) is 17.0. The molecular weight excluding hydrogens is 298 g/mol. The van der Waals surface area contributed by atoms with Crippen LogP contribution in [0.25, 0.3) is 0 Å². The van der Waals surface area contributed by atoms with Crippen LogP contribution < -0.4 is 14.8 Å². The molecule has 0 aliphatic carbocycles. The molecule has 23 heavy (non-hydrogen) atoms. The van der Waals surface area contributed by atoms with Crippen molar-refractivity contribution in [3.8, 4) is 11.5 Å². The lowest BCUT2D eigenvalue weighted by Gasteiger charge is -2.33. The Morgan fingerprint density at radius 2 is 2.17 bits per heavy atom. The van der Waals surface area contributed by atoms with E-state index in [0.717, 1.165) is 12.0 Å². The summed E-state index contributed by atoms with van der Waals surface area (Å²) in [7, 11) is 1.33. The van der Waals surface area contributed by atoms with Gasteiger partial charge in [0.05, 0.1) is 13.2 Å². The second-order valence-corrected chi connectivity index (χ2v) is 6.26. The van der Waals surface area contributed by atoms with Crippen LogP contribution in [0.4, 0.5) is 0 Å². The van der Waals surface area contributed by atoms with Crippen LogP contribution >= 0.6 is 0 Å². The molecular formula is C17H25NO5. The molecule has 1 aliphatic rings. The number of fused-ring (bicyclic) bond motifs is 1. The molecule has 0 spiro atoms. The van der Waals surface area contributed by atoms with Crippen LogP contribution in [0.1, 0.15) is 26.3 Å². The van der Waals surface area contributed by atoms with Gasteiger partial charge in [-0.05, 0) is 44.9 Å². The van der Waals surface area contributed by atoms with Crippen LogP contribution in [0.3, 0.4) is 0 Å². The number of carbonyl (C=O) groups is 1. The molecule has 0 saturated carbocycles. The summed E-state index contributed by atoms with van der Waals surface area (Å²) >= 11 is 0. The van der Waals surface area contributed by atoms with Gasteiger partial charge in [0.15, 0.2) is 11.5 Å². The van der Waals surface area contributed by atoms with Gasteiger partial charge >= 0.3 is 5.97 Å². The van der Waals surface area contributed by atoms with Crippen molar-refractivity contribution in [2.24, 2.45) is 0 Å². The van der Waals surface area contributed by atoms with Crippen LogP contribution in [-0.4, -0.2) is 49.1 Å². The van der Waals surface area contributed by atoms with Crippen molar-refractivity contribution in [3.63, 3.8) is 0 Å². The van der Waals surface area contributed by atoms with E-state index in [4.69, 9.17) is 14.2 Å². The highest BCUT2D eigenvalue weighted by Gasteiger charge is 2.41. The molecule has 2 N–H and O–H groups in total. The van der Waals surface area contributed by atoms with Gasteiger partial charge in [-0.25, -0.2) is 4.79 Å². The standard InChI is InChI=1S/C17H25NO5/c1-11(18-9-12(2)19)7-13-5-6-14-15(8-13)22-10-17(3,23-14)16(20)21-4/h5-6,8,11-12,18-19H,7,9-10H2,1-4H3/t11-,12?,17?/m0/s1. The molecule has 0 amide bonds. The van der Waals surface area contributed by atoms with Crippen LogP contribution in [0.15, 0.2) is 18.2 Å². The number of hydrogen-bond donors (Lipinski definition) is 2. The Morgan fingerprint density at radius 1 is 1.43 bits per heavy atom. The van der Waals surface area contributed by atoms with Gasteiger partial charge in [0.25, 0.3) is 0 Å². The van der Waals surface area contributed by atoms with Crippen LogP contribution in [0.2, 0.25) is 0 Å². The Morgan fingerprint density at radius 3 is 2.83 bits per heavy atom. The Kier molecular flexibility index (Phi) is 5.49. The van der Waals surface area contributed by atoms with Crippen molar-refractivity contribution in [2.75, 3.05) is 20.3 Å². The van der Waals surface area contributed by atoms with Gasteiger partial charge in [-0.3, -0.25) is 0 Å². The van der Waals surface area contributed by atoms with E-state index in [1.54, 1.807) is 13.8 Å². The zero-order valence-electron chi connectivity index (χ0n) is 14.1. The maximum atomic E-state index is 11.8. The molecule has 0 radical (unpaired) electrons. The van der Waals surface area contributed by atoms with Gasteiger partial charge in [-0.2, -0.15) is 0 Å². The number of nitrogens with one attached hydrogen (secondary N) is 1.